The van der Waals surface area contributed by atoms with E-state index in [4.69, 9.17) is 4.84 Å². The predicted octanol–water partition coefficient (Wildman–Crippen LogP) is 4.32. The molecule has 4 rings (SSSR count). The maximum Gasteiger partial charge on any atom is 0.332 e. The molecule has 1 aliphatic rings. The van der Waals surface area contributed by atoms with Gasteiger partial charge in [0.05, 0.1) is 4.92 Å². The first-order chi connectivity index (χ1) is 14.4. The van der Waals surface area contributed by atoms with Gasteiger partial charge in [0.15, 0.2) is 5.71 Å². The maximum atomic E-state index is 13.2. The Morgan fingerprint density at radius 2 is 1.60 bits per heavy atom. The molecule has 7 heteroatoms. The van der Waals surface area contributed by atoms with Gasteiger partial charge in [-0.1, -0.05) is 53.7 Å². The highest BCUT2D eigenvalue weighted by atomic mass is 16.7. The first-order valence-corrected chi connectivity index (χ1v) is 9.20. The van der Waals surface area contributed by atoms with Crippen molar-refractivity contribution in [1.29, 1.82) is 0 Å². The zero-order valence-corrected chi connectivity index (χ0v) is 16.0. The van der Waals surface area contributed by atoms with E-state index in [-0.39, 0.29) is 11.4 Å². The van der Waals surface area contributed by atoms with Crippen molar-refractivity contribution in [3.63, 3.8) is 0 Å². The summed E-state index contributed by atoms with van der Waals surface area (Å²) in [5.74, 6) is -1.05. The lowest BCUT2D eigenvalue weighted by molar-refractivity contribution is -0.384. The second kappa shape index (κ2) is 7.71. The molecule has 148 valence electrons. The predicted molar refractivity (Wildman–Crippen MR) is 110 cm³/mol. The van der Waals surface area contributed by atoms with E-state index in [1.54, 1.807) is 48.5 Å². The minimum Gasteiger partial charge on any atom is -0.318 e. The molecule has 0 amide bonds. The number of hydrogen-bond donors (Lipinski definition) is 0. The van der Waals surface area contributed by atoms with E-state index < -0.39 is 16.7 Å². The number of nitrogens with zero attached hydrogens (tertiary/aromatic N) is 2. The quantitative estimate of drug-likeness (QED) is 0.163. The van der Waals surface area contributed by atoms with Gasteiger partial charge in [0.2, 0.25) is 5.78 Å². The van der Waals surface area contributed by atoms with Crippen LogP contribution in [0.4, 0.5) is 5.69 Å². The van der Waals surface area contributed by atoms with Crippen LogP contribution in [0.15, 0.2) is 71.9 Å². The van der Waals surface area contributed by atoms with Crippen LogP contribution < -0.4 is 0 Å². The number of non-ortho nitro benzene ring substituents is 1. The third-order valence-corrected chi connectivity index (χ3v) is 4.88. The standard InChI is InChI=1S/C23H16N2O5/c1-14(26)30-24-22(15-5-3-2-4-6-15)23(27)18-8-7-16-11-17-9-10-19(25(28)29)13-21(17)20(16)12-18/h2-10,12-13H,11H2,1H3/b24-22+. The first-order valence-electron chi connectivity index (χ1n) is 9.20. The first kappa shape index (κ1) is 19.2. The van der Waals surface area contributed by atoms with Crippen LogP contribution in [0.2, 0.25) is 0 Å². The largest absolute Gasteiger partial charge is 0.332 e. The lowest BCUT2D eigenvalue weighted by Gasteiger charge is -2.08. The highest BCUT2D eigenvalue weighted by Gasteiger charge is 2.24. The van der Waals surface area contributed by atoms with Crippen molar-refractivity contribution in [2.45, 2.75) is 13.3 Å². The summed E-state index contributed by atoms with van der Waals surface area (Å²) in [6.07, 6.45) is 0.643. The number of benzene rings is 3. The molecule has 30 heavy (non-hydrogen) atoms. The van der Waals surface area contributed by atoms with Gasteiger partial charge in [-0.3, -0.25) is 14.9 Å². The normalized spacial score (nSPS) is 12.1. The van der Waals surface area contributed by atoms with E-state index in [1.807, 2.05) is 6.07 Å². The number of carbonyl (C=O) groups excluding carboxylic acids is 2. The second-order valence-corrected chi connectivity index (χ2v) is 6.87. The average Bonchev–Trinajstić information content (AvgIpc) is 3.11. The van der Waals surface area contributed by atoms with Gasteiger partial charge in [0.1, 0.15) is 0 Å². The van der Waals surface area contributed by atoms with Crippen LogP contribution in [-0.4, -0.2) is 22.4 Å². The number of Topliss-reactive ketones (excluding diaryl/α,β-unsaturated/α-hetero) is 1. The fourth-order valence-corrected chi connectivity index (χ4v) is 3.48. The van der Waals surface area contributed by atoms with E-state index in [0.29, 0.717) is 17.5 Å². The van der Waals surface area contributed by atoms with Crippen molar-refractivity contribution in [3.8, 4) is 11.1 Å². The summed E-state index contributed by atoms with van der Waals surface area (Å²) in [6.45, 7) is 1.20. The number of nitro benzene ring substituents is 1. The van der Waals surface area contributed by atoms with E-state index in [2.05, 4.69) is 5.16 Å². The average molecular weight is 400 g/mol. The Balaban J connectivity index is 1.76. The van der Waals surface area contributed by atoms with Crippen molar-refractivity contribution < 1.29 is 19.3 Å². The van der Waals surface area contributed by atoms with Crippen LogP contribution in [-0.2, 0) is 16.1 Å². The van der Waals surface area contributed by atoms with Crippen molar-refractivity contribution >= 4 is 23.2 Å². The van der Waals surface area contributed by atoms with Crippen LogP contribution in [0.25, 0.3) is 11.1 Å². The number of hydrogen-bond acceptors (Lipinski definition) is 6. The highest BCUT2D eigenvalue weighted by Crippen LogP contribution is 2.39. The number of oxime groups is 1. The van der Waals surface area contributed by atoms with Gasteiger partial charge < -0.3 is 4.84 Å². The zero-order valence-electron chi connectivity index (χ0n) is 16.0. The van der Waals surface area contributed by atoms with Crippen LogP contribution >= 0.6 is 0 Å². The van der Waals surface area contributed by atoms with Gasteiger partial charge >= 0.3 is 5.97 Å². The lowest BCUT2D eigenvalue weighted by atomic mass is 9.96. The second-order valence-electron chi connectivity index (χ2n) is 6.87. The summed E-state index contributed by atoms with van der Waals surface area (Å²) in [6, 6.07) is 18.7. The minimum absolute atomic E-state index is 0.000255. The van der Waals surface area contributed by atoms with Crippen molar-refractivity contribution in [1.82, 2.24) is 0 Å². The van der Waals surface area contributed by atoms with Crippen LogP contribution in [0, 0.1) is 10.1 Å². The number of nitro groups is 1. The number of carbonyl (C=O) groups is 2. The summed E-state index contributed by atoms with van der Waals surface area (Å²) in [4.78, 5) is 39.9. The Bertz CT molecular complexity index is 1220. The molecule has 3 aromatic rings. The monoisotopic (exact) mass is 400 g/mol. The third-order valence-electron chi connectivity index (χ3n) is 4.88. The van der Waals surface area contributed by atoms with E-state index in [1.165, 1.54) is 19.1 Å². The van der Waals surface area contributed by atoms with Gasteiger partial charge in [-0.15, -0.1) is 0 Å². The van der Waals surface area contributed by atoms with Gasteiger partial charge in [-0.2, -0.15) is 0 Å². The van der Waals surface area contributed by atoms with Crippen molar-refractivity contribution in [3.05, 3.63) is 99.1 Å². The number of fused-ring (bicyclic) bond motifs is 3. The summed E-state index contributed by atoms with van der Waals surface area (Å²) in [7, 11) is 0. The smallest absolute Gasteiger partial charge is 0.318 e. The molecule has 0 heterocycles. The Hall–Kier alpha value is -4.13. The van der Waals surface area contributed by atoms with Crippen LogP contribution in [0.5, 0.6) is 0 Å². The zero-order chi connectivity index (χ0) is 21.3. The van der Waals surface area contributed by atoms with Gasteiger partial charge in [-0.25, -0.2) is 4.79 Å². The molecule has 0 saturated heterocycles. The molecule has 0 unspecified atom stereocenters. The minimum atomic E-state index is -0.633. The van der Waals surface area contributed by atoms with E-state index >= 15 is 0 Å². The summed E-state index contributed by atoms with van der Waals surface area (Å²) in [5, 5.41) is 14.9. The Morgan fingerprint density at radius 3 is 2.27 bits per heavy atom. The molecular formula is C23H16N2O5. The third kappa shape index (κ3) is 3.60. The molecule has 7 nitrogen and oxygen atoms in total. The van der Waals surface area contributed by atoms with Crippen LogP contribution in [0.3, 0.4) is 0 Å². The maximum absolute atomic E-state index is 13.2. The molecule has 0 atom stereocenters. The van der Waals surface area contributed by atoms with Gasteiger partial charge in [0.25, 0.3) is 5.69 Å². The molecular weight excluding hydrogens is 384 g/mol. The molecule has 1 aliphatic carbocycles. The molecule has 0 aromatic heterocycles. The fraction of sp³-hybridized carbons (Fsp3) is 0.0870. The molecule has 0 spiro atoms. The van der Waals surface area contributed by atoms with Crippen LogP contribution in [0.1, 0.15) is 34.0 Å². The lowest BCUT2D eigenvalue weighted by Crippen LogP contribution is -2.17. The molecule has 0 N–H and O–H groups in total. The SMILES string of the molecule is CC(=O)O/N=C(/C(=O)c1ccc2c(c1)-c1cc([N+](=O)[O-])ccc1C2)c1ccccc1. The summed E-state index contributed by atoms with van der Waals surface area (Å²) < 4.78 is 0. The molecule has 0 radical (unpaired) electrons. The molecule has 0 aliphatic heterocycles. The highest BCUT2D eigenvalue weighted by molar-refractivity contribution is 6.51. The van der Waals surface area contributed by atoms with Crippen molar-refractivity contribution in [2.24, 2.45) is 5.16 Å². The fourth-order valence-electron chi connectivity index (χ4n) is 3.48. The Morgan fingerprint density at radius 1 is 0.933 bits per heavy atom. The van der Waals surface area contributed by atoms with Gasteiger partial charge in [-0.05, 0) is 34.7 Å². The van der Waals surface area contributed by atoms with Gasteiger partial charge in [0, 0.05) is 30.2 Å². The Kier molecular flexibility index (Phi) is 4.93. The number of rotatable bonds is 5. The Labute approximate surface area is 171 Å². The van der Waals surface area contributed by atoms with E-state index in [0.717, 1.165) is 22.3 Å². The topological polar surface area (TPSA) is 98.9 Å². The van der Waals surface area contributed by atoms with Crippen molar-refractivity contribution in [2.75, 3.05) is 0 Å². The van der Waals surface area contributed by atoms with E-state index in [9.17, 15) is 19.7 Å². The summed E-state index contributed by atoms with van der Waals surface area (Å²) >= 11 is 0. The summed E-state index contributed by atoms with van der Waals surface area (Å²) in [5.41, 5.74) is 4.34. The molecule has 0 bridgehead atoms. The molecule has 0 fully saturated rings. The molecule has 0 saturated carbocycles. The molecule has 3 aromatic carbocycles. The number of ketones is 1.